The van der Waals surface area contributed by atoms with Crippen molar-refractivity contribution in [3.05, 3.63) is 29.8 Å². The molecule has 0 fully saturated rings. The number of aliphatic hydroxyl groups is 1. The summed E-state index contributed by atoms with van der Waals surface area (Å²) in [7, 11) is -3.83. The van der Waals surface area contributed by atoms with Crippen LogP contribution in [-0.2, 0) is 14.3 Å². The summed E-state index contributed by atoms with van der Waals surface area (Å²) in [6.45, 7) is 3.02. The smallest absolute Gasteiger partial charge is 0.299 e. The first-order valence-corrected chi connectivity index (χ1v) is 5.50. The molecule has 0 amide bonds. The first kappa shape index (κ1) is 11.2. The first-order chi connectivity index (χ1) is 6.42. The Bertz CT molecular complexity index is 409. The normalized spacial score (nSPS) is 13.9. The van der Waals surface area contributed by atoms with Crippen LogP contribution in [-0.4, -0.2) is 19.8 Å². The van der Waals surface area contributed by atoms with Crippen LogP contribution >= 0.6 is 0 Å². The van der Waals surface area contributed by atoms with E-state index in [1.807, 2.05) is 0 Å². The summed E-state index contributed by atoms with van der Waals surface area (Å²) in [6, 6.07) is 6.30. The Morgan fingerprint density at radius 2 is 2.07 bits per heavy atom. The molecular weight excluding hydrogens is 204 g/mol. The van der Waals surface area contributed by atoms with Crippen molar-refractivity contribution in [1.82, 2.24) is 0 Å². The van der Waals surface area contributed by atoms with E-state index in [1.165, 1.54) is 19.1 Å². The first-order valence-electron chi connectivity index (χ1n) is 4.10. The second-order valence-electron chi connectivity index (χ2n) is 2.97. The summed E-state index contributed by atoms with van der Waals surface area (Å²) < 4.78 is 27.2. The summed E-state index contributed by atoms with van der Waals surface area (Å²) >= 11 is 0. The fraction of sp³-hybridized carbons (Fsp3) is 0.333. The highest BCUT2D eigenvalue weighted by Gasteiger charge is 2.17. The Balaban J connectivity index is 3.05. The Morgan fingerprint density at radius 3 is 2.57 bits per heavy atom. The van der Waals surface area contributed by atoms with E-state index in [2.05, 4.69) is 4.18 Å². The fourth-order valence-electron chi connectivity index (χ4n) is 1.01. The van der Waals surface area contributed by atoms with Crippen LogP contribution in [0.3, 0.4) is 0 Å². The molecule has 14 heavy (non-hydrogen) atoms. The van der Waals surface area contributed by atoms with Crippen molar-refractivity contribution in [2.75, 3.05) is 0 Å². The van der Waals surface area contributed by atoms with Gasteiger partial charge >= 0.3 is 0 Å². The summed E-state index contributed by atoms with van der Waals surface area (Å²) in [6.07, 6.45) is -1.33. The minimum atomic E-state index is -3.83. The minimum absolute atomic E-state index is 0.0541. The molecule has 0 aliphatic heterocycles. The third-order valence-electron chi connectivity index (χ3n) is 1.54. The lowest BCUT2D eigenvalue weighted by Gasteiger charge is -2.07. The molecule has 5 heteroatoms. The van der Waals surface area contributed by atoms with E-state index in [0.29, 0.717) is 0 Å². The van der Waals surface area contributed by atoms with Gasteiger partial charge in [0, 0.05) is 0 Å². The van der Waals surface area contributed by atoms with Gasteiger partial charge in [-0.25, -0.2) is 4.18 Å². The van der Waals surface area contributed by atoms with Gasteiger partial charge in [0.15, 0.2) is 6.29 Å². The van der Waals surface area contributed by atoms with Crippen molar-refractivity contribution in [2.24, 2.45) is 0 Å². The van der Waals surface area contributed by atoms with Crippen molar-refractivity contribution >= 4 is 10.1 Å². The maximum atomic E-state index is 11.4. The van der Waals surface area contributed by atoms with Crippen LogP contribution < -0.4 is 0 Å². The predicted molar refractivity (Wildman–Crippen MR) is 51.1 cm³/mol. The molecule has 4 nitrogen and oxygen atoms in total. The van der Waals surface area contributed by atoms with Gasteiger partial charge in [-0.3, -0.25) is 0 Å². The molecule has 1 rings (SSSR count). The van der Waals surface area contributed by atoms with Gasteiger partial charge in [-0.15, -0.1) is 0 Å². The number of hydrogen-bond donors (Lipinski definition) is 1. The molecule has 0 heterocycles. The van der Waals surface area contributed by atoms with E-state index in [4.69, 9.17) is 5.11 Å². The lowest BCUT2D eigenvalue weighted by atomic mass is 10.2. The van der Waals surface area contributed by atoms with Crippen LogP contribution in [0.4, 0.5) is 0 Å². The standard InChI is InChI=1S/C9H12O4S/c1-7-4-3-5-9(6-7)14(11,12)13-8(2)10/h3-6,8,10H,1-2H3. The number of benzene rings is 1. The third kappa shape index (κ3) is 2.80. The van der Waals surface area contributed by atoms with Gasteiger partial charge in [0.1, 0.15) is 0 Å². The Hall–Kier alpha value is -0.910. The molecule has 0 spiro atoms. The van der Waals surface area contributed by atoms with E-state index in [-0.39, 0.29) is 4.90 Å². The lowest BCUT2D eigenvalue weighted by molar-refractivity contribution is 0.00540. The molecule has 1 aromatic carbocycles. The molecule has 0 aromatic heterocycles. The Labute approximate surface area is 83.3 Å². The molecular formula is C9H12O4S. The van der Waals surface area contributed by atoms with E-state index < -0.39 is 16.4 Å². The molecule has 1 N–H and O–H groups in total. The van der Waals surface area contributed by atoms with E-state index in [0.717, 1.165) is 5.56 Å². The molecule has 1 aromatic rings. The Kier molecular flexibility index (Phi) is 3.25. The molecule has 78 valence electrons. The highest BCUT2D eigenvalue weighted by Crippen LogP contribution is 2.14. The van der Waals surface area contributed by atoms with Crippen LogP contribution in [0.5, 0.6) is 0 Å². The van der Waals surface area contributed by atoms with E-state index >= 15 is 0 Å². The van der Waals surface area contributed by atoms with Crippen LogP contribution in [0, 0.1) is 6.92 Å². The zero-order valence-corrected chi connectivity index (χ0v) is 8.78. The second-order valence-corrected chi connectivity index (χ2v) is 4.54. The molecule has 0 aliphatic rings. The maximum absolute atomic E-state index is 11.4. The SMILES string of the molecule is Cc1cccc(S(=O)(=O)OC(C)O)c1. The van der Waals surface area contributed by atoms with Gasteiger partial charge in [-0.1, -0.05) is 12.1 Å². The average molecular weight is 216 g/mol. The van der Waals surface area contributed by atoms with Crippen LogP contribution in [0.15, 0.2) is 29.2 Å². The largest absolute Gasteiger partial charge is 0.367 e. The van der Waals surface area contributed by atoms with Crippen LogP contribution in [0.2, 0.25) is 0 Å². The Morgan fingerprint density at radius 1 is 1.43 bits per heavy atom. The van der Waals surface area contributed by atoms with Crippen molar-refractivity contribution in [3.8, 4) is 0 Å². The summed E-state index contributed by atoms with van der Waals surface area (Å²) in [4.78, 5) is 0.0541. The van der Waals surface area contributed by atoms with E-state index in [9.17, 15) is 8.42 Å². The summed E-state index contributed by atoms with van der Waals surface area (Å²) in [5, 5.41) is 8.82. The van der Waals surface area contributed by atoms with Crippen LogP contribution in [0.25, 0.3) is 0 Å². The maximum Gasteiger partial charge on any atom is 0.299 e. The molecule has 0 saturated heterocycles. The lowest BCUT2D eigenvalue weighted by Crippen LogP contribution is -2.14. The zero-order chi connectivity index (χ0) is 10.8. The molecule has 0 aliphatic carbocycles. The molecule has 1 atom stereocenters. The number of rotatable bonds is 3. The number of hydrogen-bond acceptors (Lipinski definition) is 4. The fourth-order valence-corrected chi connectivity index (χ4v) is 2.06. The number of aliphatic hydroxyl groups excluding tert-OH is 1. The highest BCUT2D eigenvalue weighted by molar-refractivity contribution is 7.86. The van der Waals surface area contributed by atoms with Gasteiger partial charge in [-0.05, 0) is 31.5 Å². The van der Waals surface area contributed by atoms with Gasteiger partial charge in [0.05, 0.1) is 4.90 Å². The third-order valence-corrected chi connectivity index (χ3v) is 2.91. The van der Waals surface area contributed by atoms with Crippen molar-refractivity contribution in [2.45, 2.75) is 25.0 Å². The van der Waals surface area contributed by atoms with Gasteiger partial charge in [0.25, 0.3) is 10.1 Å². The molecule has 0 radical (unpaired) electrons. The molecule has 1 unspecified atom stereocenters. The van der Waals surface area contributed by atoms with Gasteiger partial charge < -0.3 is 5.11 Å². The number of aryl methyl sites for hydroxylation is 1. The average Bonchev–Trinajstić information content (AvgIpc) is 2.01. The van der Waals surface area contributed by atoms with Crippen molar-refractivity contribution in [3.63, 3.8) is 0 Å². The van der Waals surface area contributed by atoms with Crippen molar-refractivity contribution in [1.29, 1.82) is 0 Å². The molecule has 0 bridgehead atoms. The zero-order valence-electron chi connectivity index (χ0n) is 7.97. The second kappa shape index (κ2) is 4.08. The minimum Gasteiger partial charge on any atom is -0.367 e. The summed E-state index contributed by atoms with van der Waals surface area (Å²) in [5.74, 6) is 0. The highest BCUT2D eigenvalue weighted by atomic mass is 32.2. The predicted octanol–water partition coefficient (Wildman–Crippen LogP) is 1.04. The van der Waals surface area contributed by atoms with Gasteiger partial charge in [-0.2, -0.15) is 8.42 Å². The monoisotopic (exact) mass is 216 g/mol. The van der Waals surface area contributed by atoms with Crippen molar-refractivity contribution < 1.29 is 17.7 Å². The topological polar surface area (TPSA) is 63.6 Å². The van der Waals surface area contributed by atoms with Crippen LogP contribution in [0.1, 0.15) is 12.5 Å². The van der Waals surface area contributed by atoms with E-state index in [1.54, 1.807) is 19.1 Å². The van der Waals surface area contributed by atoms with Gasteiger partial charge in [0.2, 0.25) is 0 Å². The summed E-state index contributed by atoms with van der Waals surface area (Å²) in [5.41, 5.74) is 0.820. The molecule has 0 saturated carbocycles. The quantitative estimate of drug-likeness (QED) is 0.605.